The molecule has 2 N–H and O–H groups in total. The number of carboxylic acid groups (broad SMARTS) is 1. The number of rotatable bonds is 6. The van der Waals surface area contributed by atoms with Crippen molar-refractivity contribution in [3.63, 3.8) is 0 Å². The maximum Gasteiger partial charge on any atom is 0.317 e. The molecule has 1 aliphatic rings. The lowest BCUT2D eigenvalue weighted by molar-refractivity contribution is -0.137. The van der Waals surface area contributed by atoms with Crippen molar-refractivity contribution in [1.82, 2.24) is 10.2 Å². The Balaban J connectivity index is 2.47. The predicted octanol–water partition coefficient (Wildman–Crippen LogP) is 0.460. The van der Waals surface area contributed by atoms with Gasteiger partial charge in [0, 0.05) is 31.8 Å². The maximum atomic E-state index is 12.0. The Morgan fingerprint density at radius 1 is 1.35 bits per heavy atom. The van der Waals surface area contributed by atoms with Crippen molar-refractivity contribution in [3.05, 3.63) is 0 Å². The Labute approximate surface area is 119 Å². The van der Waals surface area contributed by atoms with Gasteiger partial charge in [0.1, 0.15) is 9.84 Å². The summed E-state index contributed by atoms with van der Waals surface area (Å²) in [6, 6.07) is -0.373. The van der Waals surface area contributed by atoms with Crippen LogP contribution in [0.2, 0.25) is 0 Å². The highest BCUT2D eigenvalue weighted by Crippen LogP contribution is 2.20. The zero-order valence-corrected chi connectivity index (χ0v) is 12.5. The van der Waals surface area contributed by atoms with Gasteiger partial charge in [-0.15, -0.1) is 0 Å². The van der Waals surface area contributed by atoms with Crippen LogP contribution in [0.15, 0.2) is 0 Å². The quantitative estimate of drug-likeness (QED) is 0.742. The van der Waals surface area contributed by atoms with E-state index in [1.54, 1.807) is 4.90 Å². The Bertz CT molecular complexity index is 449. The van der Waals surface area contributed by atoms with E-state index in [2.05, 4.69) is 5.32 Å². The van der Waals surface area contributed by atoms with Crippen molar-refractivity contribution in [2.75, 3.05) is 25.1 Å². The van der Waals surface area contributed by atoms with Gasteiger partial charge in [0.15, 0.2) is 0 Å². The second kappa shape index (κ2) is 7.47. The molecule has 0 aromatic carbocycles. The van der Waals surface area contributed by atoms with Crippen LogP contribution in [0, 0.1) is 0 Å². The van der Waals surface area contributed by atoms with E-state index in [0.29, 0.717) is 13.0 Å². The molecule has 0 bridgehead atoms. The molecule has 0 aliphatic carbocycles. The molecule has 20 heavy (non-hydrogen) atoms. The molecule has 2 amide bonds. The molecule has 1 atom stereocenters. The van der Waals surface area contributed by atoms with Gasteiger partial charge in [0.25, 0.3) is 0 Å². The molecule has 0 aromatic heterocycles. The first-order valence-corrected chi connectivity index (χ1v) is 8.79. The lowest BCUT2D eigenvalue weighted by Crippen LogP contribution is -2.49. The van der Waals surface area contributed by atoms with Crippen LogP contribution < -0.4 is 5.32 Å². The highest BCUT2D eigenvalue weighted by Gasteiger charge is 2.26. The van der Waals surface area contributed by atoms with Crippen molar-refractivity contribution >= 4 is 21.8 Å². The van der Waals surface area contributed by atoms with Gasteiger partial charge in [-0.25, -0.2) is 13.2 Å². The van der Waals surface area contributed by atoms with E-state index in [4.69, 9.17) is 5.11 Å². The summed E-state index contributed by atoms with van der Waals surface area (Å²) in [5, 5.41) is 11.3. The van der Waals surface area contributed by atoms with E-state index in [1.165, 1.54) is 0 Å². The molecule has 1 aliphatic heterocycles. The van der Waals surface area contributed by atoms with Gasteiger partial charge in [-0.05, 0) is 25.7 Å². The summed E-state index contributed by atoms with van der Waals surface area (Å²) < 4.78 is 22.0. The zero-order valence-electron chi connectivity index (χ0n) is 11.7. The lowest BCUT2D eigenvalue weighted by Gasteiger charge is -2.35. The van der Waals surface area contributed by atoms with Crippen LogP contribution in [0.4, 0.5) is 4.79 Å². The van der Waals surface area contributed by atoms with E-state index in [-0.39, 0.29) is 30.8 Å². The highest BCUT2D eigenvalue weighted by atomic mass is 32.2. The average molecular weight is 306 g/mol. The van der Waals surface area contributed by atoms with Gasteiger partial charge < -0.3 is 15.3 Å². The molecule has 1 heterocycles. The van der Waals surface area contributed by atoms with Crippen molar-refractivity contribution in [3.8, 4) is 0 Å². The minimum absolute atomic E-state index is 0.0395. The largest absolute Gasteiger partial charge is 0.481 e. The van der Waals surface area contributed by atoms with Gasteiger partial charge in [-0.1, -0.05) is 0 Å². The Morgan fingerprint density at radius 2 is 2.05 bits per heavy atom. The van der Waals surface area contributed by atoms with Crippen molar-refractivity contribution in [1.29, 1.82) is 0 Å². The fraction of sp³-hybridized carbons (Fsp3) is 0.833. The number of amides is 2. The molecule has 1 saturated heterocycles. The van der Waals surface area contributed by atoms with Gasteiger partial charge >= 0.3 is 12.0 Å². The highest BCUT2D eigenvalue weighted by molar-refractivity contribution is 7.90. The van der Waals surface area contributed by atoms with Gasteiger partial charge in [0.2, 0.25) is 0 Å². The summed E-state index contributed by atoms with van der Waals surface area (Å²) in [6.45, 7) is 0.675. The van der Waals surface area contributed by atoms with E-state index < -0.39 is 15.8 Å². The van der Waals surface area contributed by atoms with Gasteiger partial charge in [-0.2, -0.15) is 0 Å². The minimum atomic E-state index is -3.10. The number of carbonyl (C=O) groups excluding carboxylic acids is 1. The number of aliphatic carboxylic acids is 1. The molecule has 0 saturated carbocycles. The van der Waals surface area contributed by atoms with Crippen molar-refractivity contribution in [2.45, 2.75) is 38.1 Å². The van der Waals surface area contributed by atoms with Crippen LogP contribution in [-0.2, 0) is 14.6 Å². The van der Waals surface area contributed by atoms with Gasteiger partial charge in [0.05, 0.1) is 5.75 Å². The number of nitrogens with one attached hydrogen (secondary N) is 1. The van der Waals surface area contributed by atoms with E-state index in [0.717, 1.165) is 25.5 Å². The molecule has 1 unspecified atom stereocenters. The number of carboxylic acids is 1. The number of hydrogen-bond donors (Lipinski definition) is 2. The third-order valence-corrected chi connectivity index (χ3v) is 4.27. The second-order valence-electron chi connectivity index (χ2n) is 5.14. The zero-order chi connectivity index (χ0) is 15.2. The van der Waals surface area contributed by atoms with Crippen LogP contribution in [0.25, 0.3) is 0 Å². The lowest BCUT2D eigenvalue weighted by atomic mass is 9.98. The summed E-state index contributed by atoms with van der Waals surface area (Å²) in [5.74, 6) is -0.958. The van der Waals surface area contributed by atoms with Crippen molar-refractivity contribution < 1.29 is 23.1 Å². The first-order valence-electron chi connectivity index (χ1n) is 6.73. The molecule has 8 heteroatoms. The van der Waals surface area contributed by atoms with E-state index >= 15 is 0 Å². The fourth-order valence-corrected chi connectivity index (χ4v) is 2.78. The normalized spacial score (nSPS) is 19.6. The summed E-state index contributed by atoms with van der Waals surface area (Å²) in [7, 11) is -3.10. The summed E-state index contributed by atoms with van der Waals surface area (Å²) >= 11 is 0. The third kappa shape index (κ3) is 6.23. The molecule has 116 valence electrons. The number of carbonyl (C=O) groups is 2. The number of urea groups is 1. The topological polar surface area (TPSA) is 104 Å². The van der Waals surface area contributed by atoms with Gasteiger partial charge in [-0.3, -0.25) is 4.79 Å². The molecule has 0 spiro atoms. The summed E-state index contributed by atoms with van der Waals surface area (Å²) in [6.07, 6.45) is 4.27. The first kappa shape index (κ1) is 16.7. The summed E-state index contributed by atoms with van der Waals surface area (Å²) in [4.78, 5) is 24.3. The molecule has 1 fully saturated rings. The number of nitrogens with zero attached hydrogens (tertiary/aromatic N) is 1. The number of likely N-dealkylation sites (tertiary alicyclic amines) is 1. The Hall–Kier alpha value is -1.31. The molecule has 7 nitrogen and oxygen atoms in total. The Kier molecular flexibility index (Phi) is 6.25. The molecule has 0 radical (unpaired) electrons. The van der Waals surface area contributed by atoms with E-state index in [9.17, 15) is 18.0 Å². The van der Waals surface area contributed by atoms with E-state index in [1.807, 2.05) is 0 Å². The van der Waals surface area contributed by atoms with Crippen LogP contribution in [0.1, 0.15) is 32.1 Å². The molecular formula is C12H22N2O5S. The second-order valence-corrected chi connectivity index (χ2v) is 7.40. The van der Waals surface area contributed by atoms with Crippen LogP contribution in [-0.4, -0.2) is 61.6 Å². The summed E-state index contributed by atoms with van der Waals surface area (Å²) in [5.41, 5.74) is 0. The Morgan fingerprint density at radius 3 is 2.65 bits per heavy atom. The third-order valence-electron chi connectivity index (χ3n) is 3.33. The first-order chi connectivity index (χ1) is 9.29. The molecule has 1 rings (SSSR count). The molecule has 0 aromatic rings. The average Bonchev–Trinajstić information content (AvgIpc) is 2.35. The number of hydrogen-bond acceptors (Lipinski definition) is 4. The molecular weight excluding hydrogens is 284 g/mol. The smallest absolute Gasteiger partial charge is 0.317 e. The fourth-order valence-electron chi connectivity index (χ4n) is 2.30. The van der Waals surface area contributed by atoms with Crippen LogP contribution in [0.3, 0.4) is 0 Å². The van der Waals surface area contributed by atoms with Crippen LogP contribution >= 0.6 is 0 Å². The number of sulfone groups is 1. The minimum Gasteiger partial charge on any atom is -0.481 e. The van der Waals surface area contributed by atoms with Crippen LogP contribution in [0.5, 0.6) is 0 Å². The monoisotopic (exact) mass is 306 g/mol. The predicted molar refractivity (Wildman–Crippen MR) is 74.3 cm³/mol. The SMILES string of the molecule is CS(=O)(=O)CCNC(=O)N1CCCCC1CCC(=O)O. The number of piperidine rings is 1. The maximum absolute atomic E-state index is 12.0. The van der Waals surface area contributed by atoms with Crippen molar-refractivity contribution in [2.24, 2.45) is 0 Å². The standard InChI is InChI=1S/C12H22N2O5S/c1-20(18,19)9-7-13-12(17)14-8-3-2-4-10(14)5-6-11(15)16/h10H,2-9H2,1H3,(H,13,17)(H,15,16).